The molecule has 0 radical (unpaired) electrons. The summed E-state index contributed by atoms with van der Waals surface area (Å²) in [7, 11) is 0. The molecule has 0 aliphatic heterocycles. The second-order valence-corrected chi connectivity index (χ2v) is 7.09. The van der Waals surface area contributed by atoms with Gasteiger partial charge in [0.15, 0.2) is 11.6 Å². The van der Waals surface area contributed by atoms with Crippen LogP contribution in [0.3, 0.4) is 0 Å². The van der Waals surface area contributed by atoms with Crippen LogP contribution in [0.2, 0.25) is 0 Å². The number of halogens is 1. The normalized spacial score (nSPS) is 10.7. The Kier molecular flexibility index (Phi) is 9.48. The molecule has 29 heavy (non-hydrogen) atoms. The molecule has 0 unspecified atom stereocenters. The molecule has 0 aliphatic rings. The average molecular weight is 403 g/mol. The zero-order valence-electron chi connectivity index (χ0n) is 17.4. The molecule has 0 atom stereocenters. The molecule has 0 heterocycles. The summed E-state index contributed by atoms with van der Waals surface area (Å²) in [4.78, 5) is 10.8. The van der Waals surface area contributed by atoms with Gasteiger partial charge in [-0.1, -0.05) is 31.5 Å². The number of unbranched alkanes of at least 4 members (excludes halogenated alkanes) is 1. The topological polar surface area (TPSA) is 55.8 Å². The summed E-state index contributed by atoms with van der Waals surface area (Å²) in [6.45, 7) is 5.04. The standard InChI is InChI=1S/C24H31FO4/c1-3-5-15-29-23-17-19(11-14-24(26)27)9-12-20(23)8-6-7-18-10-13-22(28-4-2)21(25)16-18/h9-10,12-13,16-17H,3-8,11,14-15H2,1-2H3,(H,26,27). The molecule has 0 aromatic heterocycles. The summed E-state index contributed by atoms with van der Waals surface area (Å²) < 4.78 is 25.2. The fourth-order valence-corrected chi connectivity index (χ4v) is 3.13. The van der Waals surface area contributed by atoms with Gasteiger partial charge in [-0.05, 0) is 73.9 Å². The number of ether oxygens (including phenoxy) is 2. The number of carbonyl (C=O) groups is 1. The molecule has 4 nitrogen and oxygen atoms in total. The largest absolute Gasteiger partial charge is 0.493 e. The predicted octanol–water partition coefficient (Wildman–Crippen LogP) is 5.60. The van der Waals surface area contributed by atoms with E-state index in [4.69, 9.17) is 14.6 Å². The number of carboxylic acids is 1. The summed E-state index contributed by atoms with van der Waals surface area (Å²) in [5.74, 6) is -0.000130. The van der Waals surface area contributed by atoms with Crippen molar-refractivity contribution in [3.05, 3.63) is 58.9 Å². The third kappa shape index (κ3) is 7.76. The highest BCUT2D eigenvalue weighted by Crippen LogP contribution is 2.25. The molecule has 0 spiro atoms. The first kappa shape index (κ1) is 22.7. The van der Waals surface area contributed by atoms with E-state index in [1.165, 1.54) is 0 Å². The van der Waals surface area contributed by atoms with Gasteiger partial charge in [0.1, 0.15) is 5.75 Å². The Morgan fingerprint density at radius 1 is 0.931 bits per heavy atom. The third-order valence-corrected chi connectivity index (χ3v) is 4.72. The Balaban J connectivity index is 2.00. The van der Waals surface area contributed by atoms with Crippen molar-refractivity contribution in [3.8, 4) is 11.5 Å². The van der Waals surface area contributed by atoms with Gasteiger partial charge in [-0.2, -0.15) is 0 Å². The van der Waals surface area contributed by atoms with Crippen molar-refractivity contribution in [2.45, 2.75) is 58.8 Å². The Morgan fingerprint density at radius 3 is 2.38 bits per heavy atom. The summed E-state index contributed by atoms with van der Waals surface area (Å²) in [6.07, 6.45) is 5.07. The van der Waals surface area contributed by atoms with Crippen molar-refractivity contribution in [2.75, 3.05) is 13.2 Å². The van der Waals surface area contributed by atoms with Gasteiger partial charge < -0.3 is 14.6 Å². The van der Waals surface area contributed by atoms with Crippen LogP contribution in [0.4, 0.5) is 4.39 Å². The van der Waals surface area contributed by atoms with E-state index < -0.39 is 5.97 Å². The van der Waals surface area contributed by atoms with E-state index in [2.05, 4.69) is 6.92 Å². The molecule has 2 aromatic rings. The fourth-order valence-electron chi connectivity index (χ4n) is 3.13. The van der Waals surface area contributed by atoms with Crippen LogP contribution in [0.15, 0.2) is 36.4 Å². The van der Waals surface area contributed by atoms with Crippen LogP contribution >= 0.6 is 0 Å². The molecule has 0 saturated carbocycles. The molecule has 2 rings (SSSR count). The molecule has 158 valence electrons. The number of benzene rings is 2. The Hall–Kier alpha value is -2.56. The molecular formula is C24H31FO4. The lowest BCUT2D eigenvalue weighted by Gasteiger charge is -2.13. The minimum absolute atomic E-state index is 0.108. The lowest BCUT2D eigenvalue weighted by Crippen LogP contribution is -2.03. The van der Waals surface area contributed by atoms with E-state index in [0.717, 1.165) is 54.5 Å². The van der Waals surface area contributed by atoms with Crippen molar-refractivity contribution in [1.82, 2.24) is 0 Å². The molecule has 5 heteroatoms. The number of hydrogen-bond acceptors (Lipinski definition) is 3. The Morgan fingerprint density at radius 2 is 1.69 bits per heavy atom. The van der Waals surface area contributed by atoms with Crippen LogP contribution in [0.1, 0.15) is 56.2 Å². The zero-order valence-corrected chi connectivity index (χ0v) is 17.4. The number of hydrogen-bond donors (Lipinski definition) is 1. The van der Waals surface area contributed by atoms with Crippen LogP contribution in [0.25, 0.3) is 0 Å². The van der Waals surface area contributed by atoms with Gasteiger partial charge in [-0.15, -0.1) is 0 Å². The minimum Gasteiger partial charge on any atom is -0.493 e. The summed E-state index contributed by atoms with van der Waals surface area (Å²) in [6, 6.07) is 11.1. The van der Waals surface area contributed by atoms with E-state index >= 15 is 0 Å². The Labute approximate surface area is 172 Å². The smallest absolute Gasteiger partial charge is 0.303 e. The zero-order chi connectivity index (χ0) is 21.1. The van der Waals surface area contributed by atoms with E-state index in [9.17, 15) is 9.18 Å². The first-order chi connectivity index (χ1) is 14.0. The second kappa shape index (κ2) is 12.1. The summed E-state index contributed by atoms with van der Waals surface area (Å²) >= 11 is 0. The molecule has 0 amide bonds. The van der Waals surface area contributed by atoms with Crippen LogP contribution in [0, 0.1) is 5.82 Å². The molecular weight excluding hydrogens is 371 g/mol. The highest BCUT2D eigenvalue weighted by Gasteiger charge is 2.09. The SMILES string of the molecule is CCCCOc1cc(CCC(=O)O)ccc1CCCc1ccc(OCC)c(F)c1. The van der Waals surface area contributed by atoms with Crippen LogP contribution in [-0.2, 0) is 24.1 Å². The highest BCUT2D eigenvalue weighted by atomic mass is 19.1. The lowest BCUT2D eigenvalue weighted by molar-refractivity contribution is -0.136. The molecule has 0 saturated heterocycles. The van der Waals surface area contributed by atoms with Crippen molar-refractivity contribution in [1.29, 1.82) is 0 Å². The molecule has 2 aromatic carbocycles. The van der Waals surface area contributed by atoms with Gasteiger partial charge >= 0.3 is 5.97 Å². The number of aliphatic carboxylic acids is 1. The van der Waals surface area contributed by atoms with E-state index in [-0.39, 0.29) is 12.2 Å². The van der Waals surface area contributed by atoms with Crippen molar-refractivity contribution < 1.29 is 23.8 Å². The maximum atomic E-state index is 14.0. The van der Waals surface area contributed by atoms with Gasteiger partial charge in [0.2, 0.25) is 0 Å². The Bertz CT molecular complexity index is 788. The van der Waals surface area contributed by atoms with E-state index in [0.29, 0.717) is 25.4 Å². The number of rotatable bonds is 13. The van der Waals surface area contributed by atoms with Crippen molar-refractivity contribution in [2.24, 2.45) is 0 Å². The average Bonchev–Trinajstić information content (AvgIpc) is 2.70. The first-order valence-corrected chi connectivity index (χ1v) is 10.4. The van der Waals surface area contributed by atoms with Gasteiger partial charge in [0.05, 0.1) is 13.2 Å². The quantitative estimate of drug-likeness (QED) is 0.443. The van der Waals surface area contributed by atoms with Crippen LogP contribution < -0.4 is 9.47 Å². The highest BCUT2D eigenvalue weighted by molar-refractivity contribution is 5.67. The van der Waals surface area contributed by atoms with Gasteiger partial charge in [-0.3, -0.25) is 4.79 Å². The van der Waals surface area contributed by atoms with Gasteiger partial charge in [0.25, 0.3) is 0 Å². The number of aryl methyl sites for hydroxylation is 3. The maximum absolute atomic E-state index is 14.0. The molecule has 0 aliphatic carbocycles. The summed E-state index contributed by atoms with van der Waals surface area (Å²) in [5.41, 5.74) is 3.01. The van der Waals surface area contributed by atoms with Crippen molar-refractivity contribution in [3.63, 3.8) is 0 Å². The van der Waals surface area contributed by atoms with Crippen LogP contribution in [-0.4, -0.2) is 24.3 Å². The van der Waals surface area contributed by atoms with Gasteiger partial charge in [0, 0.05) is 6.42 Å². The minimum atomic E-state index is -0.801. The lowest BCUT2D eigenvalue weighted by atomic mass is 10.0. The summed E-state index contributed by atoms with van der Waals surface area (Å²) in [5, 5.41) is 8.90. The first-order valence-electron chi connectivity index (χ1n) is 10.4. The molecule has 0 bridgehead atoms. The van der Waals surface area contributed by atoms with E-state index in [1.807, 2.05) is 31.2 Å². The number of carboxylic acid groups (broad SMARTS) is 1. The molecule has 1 N–H and O–H groups in total. The van der Waals surface area contributed by atoms with Crippen molar-refractivity contribution >= 4 is 5.97 Å². The van der Waals surface area contributed by atoms with Gasteiger partial charge in [-0.25, -0.2) is 4.39 Å². The molecule has 0 fully saturated rings. The second-order valence-electron chi connectivity index (χ2n) is 7.09. The fraction of sp³-hybridized carbons (Fsp3) is 0.458. The van der Waals surface area contributed by atoms with Crippen LogP contribution in [0.5, 0.6) is 11.5 Å². The van der Waals surface area contributed by atoms with E-state index in [1.54, 1.807) is 12.1 Å². The monoisotopic (exact) mass is 402 g/mol. The maximum Gasteiger partial charge on any atom is 0.303 e. The predicted molar refractivity (Wildman–Crippen MR) is 112 cm³/mol. The third-order valence-electron chi connectivity index (χ3n) is 4.72.